The maximum atomic E-state index is 13.4. The van der Waals surface area contributed by atoms with Gasteiger partial charge in [0.2, 0.25) is 0 Å². The van der Waals surface area contributed by atoms with Crippen molar-refractivity contribution in [2.24, 2.45) is 0 Å². The molecule has 0 aliphatic heterocycles. The summed E-state index contributed by atoms with van der Waals surface area (Å²) >= 11 is 5.63. The molecule has 6 nitrogen and oxygen atoms in total. The summed E-state index contributed by atoms with van der Waals surface area (Å²) in [6.45, 7) is -0.0946. The van der Waals surface area contributed by atoms with Crippen LogP contribution in [0.15, 0.2) is 36.5 Å². The lowest BCUT2D eigenvalue weighted by Crippen LogP contribution is -2.24. The average Bonchev–Trinajstić information content (AvgIpc) is 2.45. The van der Waals surface area contributed by atoms with Gasteiger partial charge in [-0.1, -0.05) is 29.8 Å². The molecular weight excluding hydrogens is 301 g/mol. The van der Waals surface area contributed by atoms with Gasteiger partial charge in [0, 0.05) is 12.1 Å². The van der Waals surface area contributed by atoms with Crippen LogP contribution in [0, 0.1) is 15.9 Å². The van der Waals surface area contributed by atoms with Crippen molar-refractivity contribution >= 4 is 23.2 Å². The third-order valence-electron chi connectivity index (χ3n) is 2.69. The van der Waals surface area contributed by atoms with Gasteiger partial charge >= 0.3 is 0 Å². The van der Waals surface area contributed by atoms with Crippen LogP contribution in [0.2, 0.25) is 5.15 Å². The Morgan fingerprint density at radius 2 is 2.14 bits per heavy atom. The van der Waals surface area contributed by atoms with E-state index in [-0.39, 0.29) is 22.8 Å². The highest BCUT2D eigenvalue weighted by Gasteiger charge is 2.21. The maximum Gasteiger partial charge on any atom is 0.300 e. The van der Waals surface area contributed by atoms with Crippen LogP contribution in [0.4, 0.5) is 10.1 Å². The molecule has 1 N–H and O–H groups in total. The van der Waals surface area contributed by atoms with Gasteiger partial charge in [-0.2, -0.15) is 0 Å². The molecule has 0 radical (unpaired) electrons. The smallest absolute Gasteiger partial charge is 0.300 e. The Hall–Kier alpha value is -2.54. The number of halogens is 2. The molecule has 2 aromatic rings. The molecule has 21 heavy (non-hydrogen) atoms. The zero-order valence-corrected chi connectivity index (χ0v) is 11.3. The molecule has 0 spiro atoms. The lowest BCUT2D eigenvalue weighted by atomic mass is 10.2. The second-order valence-electron chi connectivity index (χ2n) is 4.06. The number of nitro groups is 1. The quantitative estimate of drug-likeness (QED) is 0.534. The van der Waals surface area contributed by atoms with Crippen molar-refractivity contribution < 1.29 is 14.1 Å². The first-order valence-electron chi connectivity index (χ1n) is 5.80. The second kappa shape index (κ2) is 6.27. The molecular formula is C13H9ClFN3O3. The first-order chi connectivity index (χ1) is 9.99. The summed E-state index contributed by atoms with van der Waals surface area (Å²) in [5, 5.41) is 13.2. The highest BCUT2D eigenvalue weighted by molar-refractivity contribution is 6.29. The molecule has 1 aromatic carbocycles. The molecule has 0 aliphatic rings. The number of aromatic nitrogens is 1. The zero-order chi connectivity index (χ0) is 15.4. The van der Waals surface area contributed by atoms with Gasteiger partial charge in [-0.05, 0) is 12.1 Å². The van der Waals surface area contributed by atoms with E-state index >= 15 is 0 Å². The monoisotopic (exact) mass is 309 g/mol. The Labute approximate surface area is 123 Å². The predicted octanol–water partition coefficient (Wildman–Crippen LogP) is 2.71. The van der Waals surface area contributed by atoms with E-state index in [4.69, 9.17) is 11.6 Å². The molecule has 2 rings (SSSR count). The molecule has 0 aliphatic carbocycles. The van der Waals surface area contributed by atoms with Gasteiger partial charge in [0.25, 0.3) is 11.6 Å². The zero-order valence-electron chi connectivity index (χ0n) is 10.5. The molecule has 8 heteroatoms. The van der Waals surface area contributed by atoms with E-state index in [1.54, 1.807) is 6.07 Å². The van der Waals surface area contributed by atoms with Gasteiger partial charge in [0.05, 0.1) is 4.92 Å². The van der Waals surface area contributed by atoms with E-state index in [1.807, 2.05) is 0 Å². The molecule has 0 fully saturated rings. The Balaban J connectivity index is 2.19. The van der Waals surface area contributed by atoms with Crippen molar-refractivity contribution in [1.29, 1.82) is 0 Å². The van der Waals surface area contributed by atoms with Gasteiger partial charge in [-0.25, -0.2) is 9.37 Å². The lowest BCUT2D eigenvalue weighted by Gasteiger charge is -2.07. The molecule has 1 heterocycles. The number of benzene rings is 1. The van der Waals surface area contributed by atoms with E-state index in [0.717, 1.165) is 12.3 Å². The molecule has 108 valence electrons. The van der Waals surface area contributed by atoms with Gasteiger partial charge < -0.3 is 5.32 Å². The number of pyridine rings is 1. The summed E-state index contributed by atoms with van der Waals surface area (Å²) in [5.41, 5.74) is -0.421. The van der Waals surface area contributed by atoms with Gasteiger partial charge in [0.1, 0.15) is 22.7 Å². The fraction of sp³-hybridized carbons (Fsp3) is 0.0769. The normalized spacial score (nSPS) is 10.2. The summed E-state index contributed by atoms with van der Waals surface area (Å²) in [5.74, 6) is -1.20. The molecule has 0 saturated carbocycles. The third-order valence-corrected chi connectivity index (χ3v) is 2.89. The van der Waals surface area contributed by atoms with Crippen LogP contribution >= 0.6 is 11.6 Å². The van der Waals surface area contributed by atoms with Gasteiger partial charge in [-0.3, -0.25) is 14.9 Å². The van der Waals surface area contributed by atoms with Crippen LogP contribution in [0.3, 0.4) is 0 Å². The van der Waals surface area contributed by atoms with Crippen molar-refractivity contribution in [2.75, 3.05) is 0 Å². The standard InChI is InChI=1S/C13H9ClFN3O3/c14-12-5-9(11(7-16-12)18(20)21)13(19)17-6-8-3-1-2-4-10(8)15/h1-5,7H,6H2,(H,17,19). The summed E-state index contributed by atoms with van der Waals surface area (Å²) in [6.07, 6.45) is 0.903. The molecule has 0 unspecified atom stereocenters. The number of nitrogens with one attached hydrogen (secondary N) is 1. The largest absolute Gasteiger partial charge is 0.348 e. The first kappa shape index (κ1) is 14.9. The van der Waals surface area contributed by atoms with E-state index in [1.165, 1.54) is 18.2 Å². The number of hydrogen-bond acceptors (Lipinski definition) is 4. The van der Waals surface area contributed by atoms with Crippen LogP contribution in [-0.2, 0) is 6.54 Å². The fourth-order valence-electron chi connectivity index (χ4n) is 1.66. The Morgan fingerprint density at radius 3 is 2.81 bits per heavy atom. The Kier molecular flexibility index (Phi) is 4.44. The first-order valence-corrected chi connectivity index (χ1v) is 6.18. The van der Waals surface area contributed by atoms with Crippen molar-refractivity contribution in [1.82, 2.24) is 10.3 Å². The van der Waals surface area contributed by atoms with Crippen molar-refractivity contribution in [2.45, 2.75) is 6.54 Å². The van der Waals surface area contributed by atoms with Gasteiger partial charge in [-0.15, -0.1) is 0 Å². The second-order valence-corrected chi connectivity index (χ2v) is 4.44. The number of nitrogens with zero attached hydrogens (tertiary/aromatic N) is 2. The molecule has 1 amide bonds. The van der Waals surface area contributed by atoms with Crippen LogP contribution in [0.5, 0.6) is 0 Å². The Morgan fingerprint density at radius 1 is 1.43 bits per heavy atom. The summed E-state index contributed by atoms with van der Waals surface area (Å²) in [4.78, 5) is 25.7. The molecule has 0 bridgehead atoms. The lowest BCUT2D eigenvalue weighted by molar-refractivity contribution is -0.385. The minimum absolute atomic E-state index is 0.0448. The van der Waals surface area contributed by atoms with Crippen molar-refractivity contribution in [3.63, 3.8) is 0 Å². The van der Waals surface area contributed by atoms with E-state index < -0.39 is 22.3 Å². The number of carbonyl (C=O) groups excluding carboxylic acids is 1. The van der Waals surface area contributed by atoms with E-state index in [0.29, 0.717) is 0 Å². The Bertz CT molecular complexity index is 709. The molecule has 1 aromatic heterocycles. The van der Waals surface area contributed by atoms with Crippen LogP contribution in [0.1, 0.15) is 15.9 Å². The van der Waals surface area contributed by atoms with Crippen LogP contribution in [0.25, 0.3) is 0 Å². The molecule has 0 saturated heterocycles. The van der Waals surface area contributed by atoms with E-state index in [2.05, 4.69) is 10.3 Å². The minimum Gasteiger partial charge on any atom is -0.348 e. The van der Waals surface area contributed by atoms with Crippen LogP contribution < -0.4 is 5.32 Å². The highest BCUT2D eigenvalue weighted by atomic mass is 35.5. The number of rotatable bonds is 4. The average molecular weight is 310 g/mol. The summed E-state index contributed by atoms with van der Waals surface area (Å²) in [7, 11) is 0. The van der Waals surface area contributed by atoms with Crippen molar-refractivity contribution in [3.05, 3.63) is 68.7 Å². The number of hydrogen-bond donors (Lipinski definition) is 1. The summed E-state index contributed by atoms with van der Waals surface area (Å²) in [6, 6.07) is 7.00. The third kappa shape index (κ3) is 3.51. The fourth-order valence-corrected chi connectivity index (χ4v) is 1.82. The highest BCUT2D eigenvalue weighted by Crippen LogP contribution is 2.20. The maximum absolute atomic E-state index is 13.4. The number of carbonyl (C=O) groups is 1. The van der Waals surface area contributed by atoms with Gasteiger partial charge in [0.15, 0.2) is 0 Å². The predicted molar refractivity (Wildman–Crippen MR) is 73.5 cm³/mol. The minimum atomic E-state index is -0.735. The van der Waals surface area contributed by atoms with Crippen LogP contribution in [-0.4, -0.2) is 15.8 Å². The topological polar surface area (TPSA) is 85.1 Å². The number of amides is 1. The van der Waals surface area contributed by atoms with E-state index in [9.17, 15) is 19.3 Å². The SMILES string of the molecule is O=C(NCc1ccccc1F)c1cc(Cl)ncc1[N+](=O)[O-]. The van der Waals surface area contributed by atoms with Crippen molar-refractivity contribution in [3.8, 4) is 0 Å². The summed E-state index contributed by atoms with van der Waals surface area (Å²) < 4.78 is 13.4. The molecule has 0 atom stereocenters.